The lowest BCUT2D eigenvalue weighted by molar-refractivity contribution is -0.116. The van der Waals surface area contributed by atoms with E-state index in [9.17, 15) is 4.79 Å². The summed E-state index contributed by atoms with van der Waals surface area (Å²) in [5.41, 5.74) is 2.95. The minimum atomic E-state index is -0.195. The Morgan fingerprint density at radius 2 is 1.73 bits per heavy atom. The molecule has 0 bridgehead atoms. The van der Waals surface area contributed by atoms with E-state index < -0.39 is 0 Å². The molecule has 0 unspecified atom stereocenters. The topological polar surface area (TPSA) is 61.1 Å². The standard InChI is InChI=1S/C25H23BrN4O2S/c1-18-7-11-21(12-8-18)27-24(31)16-30-25(33)29(15-19-5-3-2-4-6-19)23(28-30)17-32-22-13-9-20(26)10-14-22/h2-14H,15-17H2,1H3,(H,27,31). The van der Waals surface area contributed by atoms with Gasteiger partial charge in [-0.2, -0.15) is 5.10 Å². The molecular weight excluding hydrogens is 500 g/mol. The molecule has 0 saturated heterocycles. The van der Waals surface area contributed by atoms with Crippen molar-refractivity contribution in [3.8, 4) is 5.75 Å². The van der Waals surface area contributed by atoms with Crippen molar-refractivity contribution in [2.24, 2.45) is 0 Å². The Bertz CT molecular complexity index is 1280. The molecule has 1 aromatic heterocycles. The lowest BCUT2D eigenvalue weighted by atomic mass is 10.2. The van der Waals surface area contributed by atoms with Crippen LogP contribution in [0, 0.1) is 11.7 Å². The Labute approximate surface area is 206 Å². The first-order valence-electron chi connectivity index (χ1n) is 10.4. The summed E-state index contributed by atoms with van der Waals surface area (Å²) >= 11 is 9.11. The van der Waals surface area contributed by atoms with Gasteiger partial charge >= 0.3 is 0 Å². The monoisotopic (exact) mass is 522 g/mol. The second kappa shape index (κ2) is 10.6. The highest BCUT2D eigenvalue weighted by molar-refractivity contribution is 9.10. The van der Waals surface area contributed by atoms with E-state index in [0.29, 0.717) is 17.1 Å². The van der Waals surface area contributed by atoms with E-state index in [2.05, 4.69) is 26.3 Å². The van der Waals surface area contributed by atoms with Crippen LogP contribution < -0.4 is 10.1 Å². The van der Waals surface area contributed by atoms with Gasteiger partial charge in [-0.25, -0.2) is 4.68 Å². The van der Waals surface area contributed by atoms with Gasteiger partial charge in [-0.05, 0) is 61.1 Å². The Morgan fingerprint density at radius 1 is 1.03 bits per heavy atom. The Balaban J connectivity index is 1.55. The van der Waals surface area contributed by atoms with Gasteiger partial charge in [0.1, 0.15) is 18.9 Å². The Kier molecular flexibility index (Phi) is 7.36. The molecule has 4 aromatic rings. The number of rotatable bonds is 8. The first-order valence-corrected chi connectivity index (χ1v) is 11.6. The lowest BCUT2D eigenvalue weighted by Crippen LogP contribution is -2.20. The fraction of sp³-hybridized carbons (Fsp3) is 0.160. The van der Waals surface area contributed by atoms with Crippen LogP contribution in [0.25, 0.3) is 0 Å². The molecule has 33 heavy (non-hydrogen) atoms. The van der Waals surface area contributed by atoms with Crippen molar-refractivity contribution in [3.05, 3.63) is 105 Å². The second-order valence-corrected chi connectivity index (χ2v) is 8.87. The Morgan fingerprint density at radius 3 is 2.42 bits per heavy atom. The minimum Gasteiger partial charge on any atom is -0.486 e. The van der Waals surface area contributed by atoms with Crippen LogP contribution >= 0.6 is 28.1 Å². The molecule has 0 aliphatic rings. The summed E-state index contributed by atoms with van der Waals surface area (Å²) in [6, 6.07) is 25.2. The van der Waals surface area contributed by atoms with Crippen LogP contribution in [0.15, 0.2) is 83.3 Å². The average Bonchev–Trinajstić information content (AvgIpc) is 3.10. The summed E-state index contributed by atoms with van der Waals surface area (Å²) in [4.78, 5) is 12.6. The first-order chi connectivity index (χ1) is 16.0. The number of hydrogen-bond donors (Lipinski definition) is 1. The van der Waals surface area contributed by atoms with E-state index in [1.807, 2.05) is 90.4 Å². The van der Waals surface area contributed by atoms with Crippen LogP contribution in [-0.2, 0) is 24.5 Å². The minimum absolute atomic E-state index is 0.0137. The smallest absolute Gasteiger partial charge is 0.246 e. The number of ether oxygens (including phenoxy) is 1. The molecule has 0 atom stereocenters. The number of aromatic nitrogens is 3. The van der Waals surface area contributed by atoms with Crippen molar-refractivity contribution in [1.82, 2.24) is 14.3 Å². The van der Waals surface area contributed by atoms with E-state index in [0.717, 1.165) is 27.0 Å². The maximum Gasteiger partial charge on any atom is 0.246 e. The molecule has 0 saturated carbocycles. The largest absolute Gasteiger partial charge is 0.486 e. The first kappa shape index (κ1) is 22.9. The number of halogens is 1. The number of nitrogens with zero attached hydrogens (tertiary/aromatic N) is 3. The van der Waals surface area contributed by atoms with Crippen molar-refractivity contribution in [1.29, 1.82) is 0 Å². The van der Waals surface area contributed by atoms with Gasteiger partial charge in [0.05, 0.1) is 6.54 Å². The normalized spacial score (nSPS) is 10.7. The van der Waals surface area contributed by atoms with Crippen molar-refractivity contribution < 1.29 is 9.53 Å². The lowest BCUT2D eigenvalue weighted by Gasteiger charge is -2.09. The molecule has 168 valence electrons. The highest BCUT2D eigenvalue weighted by atomic mass is 79.9. The zero-order chi connectivity index (χ0) is 23.2. The highest BCUT2D eigenvalue weighted by Crippen LogP contribution is 2.18. The van der Waals surface area contributed by atoms with E-state index in [-0.39, 0.29) is 19.1 Å². The zero-order valence-corrected chi connectivity index (χ0v) is 20.5. The predicted molar refractivity (Wildman–Crippen MR) is 135 cm³/mol. The number of nitrogens with one attached hydrogen (secondary N) is 1. The highest BCUT2D eigenvalue weighted by Gasteiger charge is 2.15. The van der Waals surface area contributed by atoms with Crippen LogP contribution in [-0.4, -0.2) is 20.3 Å². The molecule has 8 heteroatoms. The molecule has 1 N–H and O–H groups in total. The van der Waals surface area contributed by atoms with Crippen molar-refractivity contribution >= 4 is 39.7 Å². The maximum atomic E-state index is 12.6. The molecule has 0 aliphatic heterocycles. The van der Waals surface area contributed by atoms with Crippen LogP contribution in [0.3, 0.4) is 0 Å². The van der Waals surface area contributed by atoms with E-state index in [4.69, 9.17) is 17.0 Å². The summed E-state index contributed by atoms with van der Waals surface area (Å²) in [7, 11) is 0. The molecule has 1 heterocycles. The van der Waals surface area contributed by atoms with Gasteiger partial charge in [-0.1, -0.05) is 64.0 Å². The van der Waals surface area contributed by atoms with Crippen LogP contribution in [0.1, 0.15) is 17.0 Å². The molecule has 3 aromatic carbocycles. The van der Waals surface area contributed by atoms with Crippen molar-refractivity contribution in [2.45, 2.75) is 26.6 Å². The van der Waals surface area contributed by atoms with Gasteiger partial charge in [0, 0.05) is 10.2 Å². The van der Waals surface area contributed by atoms with E-state index >= 15 is 0 Å². The van der Waals surface area contributed by atoms with Gasteiger partial charge in [0.15, 0.2) is 10.6 Å². The molecule has 0 aliphatic carbocycles. The molecule has 0 spiro atoms. The van der Waals surface area contributed by atoms with Gasteiger partial charge in [0.2, 0.25) is 5.91 Å². The number of benzene rings is 3. The summed E-state index contributed by atoms with van der Waals surface area (Å²) in [6.45, 7) is 2.78. The second-order valence-electron chi connectivity index (χ2n) is 7.58. The molecule has 4 rings (SSSR count). The quantitative estimate of drug-likeness (QED) is 0.299. The summed E-state index contributed by atoms with van der Waals surface area (Å²) in [5, 5.41) is 7.51. The summed E-state index contributed by atoms with van der Waals surface area (Å²) < 4.78 is 10.8. The van der Waals surface area contributed by atoms with E-state index in [1.165, 1.54) is 0 Å². The van der Waals surface area contributed by atoms with Gasteiger partial charge < -0.3 is 10.1 Å². The summed E-state index contributed by atoms with van der Waals surface area (Å²) in [5.74, 6) is 1.18. The number of carbonyl (C=O) groups excluding carboxylic acids is 1. The van der Waals surface area contributed by atoms with Crippen LogP contribution in [0.2, 0.25) is 0 Å². The molecule has 0 radical (unpaired) electrons. The van der Waals surface area contributed by atoms with Crippen LogP contribution in [0.5, 0.6) is 5.75 Å². The molecular formula is C25H23BrN4O2S. The van der Waals surface area contributed by atoms with Crippen molar-refractivity contribution in [2.75, 3.05) is 5.32 Å². The maximum absolute atomic E-state index is 12.6. The SMILES string of the molecule is Cc1ccc(NC(=O)Cn2nc(COc3ccc(Br)cc3)n(Cc3ccccc3)c2=S)cc1. The molecule has 0 fully saturated rings. The third kappa shape index (κ3) is 6.18. The van der Waals surface area contributed by atoms with Gasteiger partial charge in [0.25, 0.3) is 0 Å². The number of hydrogen-bond acceptors (Lipinski definition) is 4. The van der Waals surface area contributed by atoms with Gasteiger partial charge in [-0.3, -0.25) is 9.36 Å². The average molecular weight is 523 g/mol. The molecule has 1 amide bonds. The third-order valence-electron chi connectivity index (χ3n) is 4.99. The van der Waals surface area contributed by atoms with Crippen molar-refractivity contribution in [3.63, 3.8) is 0 Å². The number of amides is 1. The predicted octanol–water partition coefficient (Wildman–Crippen LogP) is 5.75. The van der Waals surface area contributed by atoms with E-state index in [1.54, 1.807) is 4.68 Å². The Hall–Kier alpha value is -3.23. The third-order valence-corrected chi connectivity index (χ3v) is 5.95. The number of carbonyl (C=O) groups is 1. The number of aryl methyl sites for hydroxylation is 1. The molecule has 6 nitrogen and oxygen atoms in total. The fourth-order valence-electron chi connectivity index (χ4n) is 3.27. The summed E-state index contributed by atoms with van der Waals surface area (Å²) in [6.07, 6.45) is 0. The number of anilines is 1. The van der Waals surface area contributed by atoms with Crippen LogP contribution in [0.4, 0.5) is 5.69 Å². The zero-order valence-electron chi connectivity index (χ0n) is 18.1. The van der Waals surface area contributed by atoms with Gasteiger partial charge in [-0.15, -0.1) is 0 Å². The fourth-order valence-corrected chi connectivity index (χ4v) is 3.81.